The molecule has 0 saturated carbocycles. The molecule has 144 valence electrons. The summed E-state index contributed by atoms with van der Waals surface area (Å²) >= 11 is 2.82. The van der Waals surface area contributed by atoms with Crippen LogP contribution >= 0.6 is 23.1 Å². The van der Waals surface area contributed by atoms with Crippen LogP contribution in [0.1, 0.15) is 5.69 Å². The van der Waals surface area contributed by atoms with Gasteiger partial charge < -0.3 is 10.1 Å². The molecule has 0 aliphatic carbocycles. The number of hydrogen-bond donors (Lipinski definition) is 1. The van der Waals surface area contributed by atoms with Crippen LogP contribution < -0.4 is 10.1 Å². The predicted molar refractivity (Wildman–Crippen MR) is 98.9 cm³/mol. The summed E-state index contributed by atoms with van der Waals surface area (Å²) in [6.07, 6.45) is 0.753. The molecule has 0 amide bonds. The van der Waals surface area contributed by atoms with Crippen LogP contribution in [-0.4, -0.2) is 30.9 Å². The number of nitrogens with zero attached hydrogens (tertiary/aromatic N) is 5. The first-order chi connectivity index (χ1) is 13.4. The number of aromatic nitrogens is 5. The van der Waals surface area contributed by atoms with E-state index in [1.165, 1.54) is 47.4 Å². The monoisotopic (exact) mass is 424 g/mol. The summed E-state index contributed by atoms with van der Waals surface area (Å²) in [6, 6.07) is 7.22. The molecule has 0 radical (unpaired) electrons. The van der Waals surface area contributed by atoms with E-state index in [0.29, 0.717) is 22.3 Å². The fraction of sp³-hybridized carbons (Fsp3) is 0.125. The van der Waals surface area contributed by atoms with E-state index in [0.717, 1.165) is 10.0 Å². The number of alkyl halides is 3. The summed E-state index contributed by atoms with van der Waals surface area (Å²) in [5.74, 6) is 0.964. The van der Waals surface area contributed by atoms with Gasteiger partial charge in [0, 0.05) is 30.0 Å². The van der Waals surface area contributed by atoms with Crippen LogP contribution in [0, 0.1) is 0 Å². The smallest absolute Gasteiger partial charge is 0.406 e. The highest BCUT2D eigenvalue weighted by Gasteiger charge is 2.30. The van der Waals surface area contributed by atoms with Crippen molar-refractivity contribution < 1.29 is 17.9 Å². The van der Waals surface area contributed by atoms with Gasteiger partial charge in [0.1, 0.15) is 5.75 Å². The molecular formula is C16H11F3N6OS2. The van der Waals surface area contributed by atoms with Crippen molar-refractivity contribution in [1.29, 1.82) is 0 Å². The van der Waals surface area contributed by atoms with E-state index in [1.807, 2.05) is 22.9 Å². The van der Waals surface area contributed by atoms with Crippen LogP contribution in [0.2, 0.25) is 0 Å². The first-order valence-electron chi connectivity index (χ1n) is 7.82. The molecule has 0 saturated heterocycles. The molecule has 0 fully saturated rings. The maximum Gasteiger partial charge on any atom is 0.573 e. The van der Waals surface area contributed by atoms with E-state index in [-0.39, 0.29) is 5.75 Å². The minimum atomic E-state index is -4.71. The number of hydrogen-bond acceptors (Lipinski definition) is 8. The molecule has 0 unspecified atom stereocenters. The first kappa shape index (κ1) is 18.5. The summed E-state index contributed by atoms with van der Waals surface area (Å²) in [6.45, 7) is 0. The standard InChI is InChI=1S/C16H11F3N6OS2/c17-16(18,19)26-12-4-2-10(3-5-12)22-14-23-24-15(28-14)27-9-11-8-25-7-1-6-20-13(25)21-11/h1-8H,9H2,(H,22,23). The van der Waals surface area contributed by atoms with Gasteiger partial charge in [-0.05, 0) is 30.3 Å². The fourth-order valence-corrected chi connectivity index (χ4v) is 3.92. The van der Waals surface area contributed by atoms with Gasteiger partial charge in [-0.1, -0.05) is 23.1 Å². The average molecular weight is 424 g/mol. The number of nitrogens with one attached hydrogen (secondary N) is 1. The Balaban J connectivity index is 1.35. The van der Waals surface area contributed by atoms with Gasteiger partial charge in [0.25, 0.3) is 0 Å². The van der Waals surface area contributed by atoms with E-state index in [2.05, 4.69) is 30.2 Å². The van der Waals surface area contributed by atoms with Crippen LogP contribution in [0.4, 0.5) is 24.0 Å². The van der Waals surface area contributed by atoms with Crippen LogP contribution in [0.3, 0.4) is 0 Å². The second-order valence-corrected chi connectivity index (χ2v) is 7.62. The van der Waals surface area contributed by atoms with Gasteiger partial charge in [-0.2, -0.15) is 0 Å². The third kappa shape index (κ3) is 4.70. The normalized spacial score (nSPS) is 11.7. The number of thioether (sulfide) groups is 1. The molecule has 0 atom stereocenters. The quantitative estimate of drug-likeness (QED) is 0.456. The Labute approximate surface area is 164 Å². The molecule has 4 rings (SSSR count). The van der Waals surface area contributed by atoms with Gasteiger partial charge in [-0.15, -0.1) is 23.4 Å². The number of benzene rings is 1. The van der Waals surface area contributed by atoms with Gasteiger partial charge in [0.15, 0.2) is 4.34 Å². The molecule has 1 N–H and O–H groups in total. The molecule has 28 heavy (non-hydrogen) atoms. The maximum absolute atomic E-state index is 12.2. The van der Waals surface area contributed by atoms with Gasteiger partial charge >= 0.3 is 6.36 Å². The predicted octanol–water partition coefficient (Wildman–Crippen LogP) is 4.52. The highest BCUT2D eigenvalue weighted by molar-refractivity contribution is 8.00. The molecule has 0 aliphatic heterocycles. The van der Waals surface area contributed by atoms with E-state index in [1.54, 1.807) is 6.20 Å². The minimum absolute atomic E-state index is 0.284. The van der Waals surface area contributed by atoms with Crippen molar-refractivity contribution in [3.63, 3.8) is 0 Å². The third-order valence-electron chi connectivity index (χ3n) is 3.37. The molecule has 1 aromatic carbocycles. The number of anilines is 2. The highest BCUT2D eigenvalue weighted by Crippen LogP contribution is 2.30. The van der Waals surface area contributed by atoms with Crippen molar-refractivity contribution in [3.8, 4) is 5.75 Å². The van der Waals surface area contributed by atoms with Crippen molar-refractivity contribution >= 4 is 39.7 Å². The molecule has 12 heteroatoms. The summed E-state index contributed by atoms with van der Waals surface area (Å²) in [5, 5.41) is 11.7. The lowest BCUT2D eigenvalue weighted by molar-refractivity contribution is -0.274. The Bertz CT molecular complexity index is 1050. The first-order valence-corrected chi connectivity index (χ1v) is 9.62. The van der Waals surface area contributed by atoms with Crippen molar-refractivity contribution in [2.24, 2.45) is 0 Å². The number of ether oxygens (including phenoxy) is 1. The lowest BCUT2D eigenvalue weighted by Crippen LogP contribution is -2.16. The number of imidazole rings is 1. The van der Waals surface area contributed by atoms with Crippen LogP contribution in [0.15, 0.2) is 53.3 Å². The van der Waals surface area contributed by atoms with Gasteiger partial charge in [-0.3, -0.25) is 4.40 Å². The Kier molecular flexibility index (Phi) is 5.05. The van der Waals surface area contributed by atoms with Crippen molar-refractivity contribution in [2.45, 2.75) is 16.5 Å². The minimum Gasteiger partial charge on any atom is -0.406 e. The molecule has 3 aromatic heterocycles. The van der Waals surface area contributed by atoms with Crippen LogP contribution in [0.25, 0.3) is 5.78 Å². The van der Waals surface area contributed by atoms with Gasteiger partial charge in [0.05, 0.1) is 5.69 Å². The summed E-state index contributed by atoms with van der Waals surface area (Å²) in [4.78, 5) is 8.59. The molecule has 0 spiro atoms. The lowest BCUT2D eigenvalue weighted by atomic mass is 10.3. The Morgan fingerprint density at radius 3 is 2.75 bits per heavy atom. The van der Waals surface area contributed by atoms with Crippen LogP contribution in [0.5, 0.6) is 5.75 Å². The number of rotatable bonds is 6. The highest BCUT2D eigenvalue weighted by atomic mass is 32.2. The second kappa shape index (κ2) is 7.64. The molecule has 4 aromatic rings. The van der Waals surface area contributed by atoms with Gasteiger partial charge in [0.2, 0.25) is 10.9 Å². The summed E-state index contributed by atoms with van der Waals surface area (Å²) in [5.41, 5.74) is 1.45. The van der Waals surface area contributed by atoms with E-state index in [9.17, 15) is 13.2 Å². The van der Waals surface area contributed by atoms with Crippen molar-refractivity contribution in [3.05, 3.63) is 54.6 Å². The topological polar surface area (TPSA) is 77.2 Å². The van der Waals surface area contributed by atoms with Crippen molar-refractivity contribution in [2.75, 3.05) is 5.32 Å². The lowest BCUT2D eigenvalue weighted by Gasteiger charge is -2.09. The van der Waals surface area contributed by atoms with E-state index < -0.39 is 6.36 Å². The fourth-order valence-electron chi connectivity index (χ4n) is 2.27. The van der Waals surface area contributed by atoms with E-state index >= 15 is 0 Å². The summed E-state index contributed by atoms with van der Waals surface area (Å²) < 4.78 is 43.0. The van der Waals surface area contributed by atoms with Gasteiger partial charge in [-0.25, -0.2) is 9.97 Å². The molecule has 3 heterocycles. The Morgan fingerprint density at radius 1 is 1.18 bits per heavy atom. The second-order valence-electron chi connectivity index (χ2n) is 5.42. The maximum atomic E-state index is 12.2. The average Bonchev–Trinajstić information content (AvgIpc) is 3.26. The zero-order valence-corrected chi connectivity index (χ0v) is 15.6. The molecule has 0 bridgehead atoms. The molecular weight excluding hydrogens is 413 g/mol. The largest absolute Gasteiger partial charge is 0.573 e. The SMILES string of the molecule is FC(F)(F)Oc1ccc(Nc2nnc(SCc3cn4cccnc4n3)s2)cc1. The summed E-state index contributed by atoms with van der Waals surface area (Å²) in [7, 11) is 0. The number of halogens is 3. The zero-order valence-electron chi connectivity index (χ0n) is 13.9. The third-order valence-corrected chi connectivity index (χ3v) is 5.38. The van der Waals surface area contributed by atoms with Crippen molar-refractivity contribution in [1.82, 2.24) is 24.6 Å². The number of fused-ring (bicyclic) bond motifs is 1. The molecule has 0 aliphatic rings. The Hall–Kier alpha value is -2.86. The van der Waals surface area contributed by atoms with Crippen LogP contribution in [-0.2, 0) is 5.75 Å². The van der Waals surface area contributed by atoms with E-state index in [4.69, 9.17) is 0 Å². The zero-order chi connectivity index (χ0) is 19.6. The Morgan fingerprint density at radius 2 is 2.00 bits per heavy atom. The molecule has 7 nitrogen and oxygen atoms in total.